The van der Waals surface area contributed by atoms with Gasteiger partial charge < -0.3 is 15.2 Å². The predicted molar refractivity (Wildman–Crippen MR) is 83.1 cm³/mol. The predicted octanol–water partition coefficient (Wildman–Crippen LogP) is 0.283. The number of hydrogen-bond acceptors (Lipinski definition) is 5. The number of nitrogens with zero attached hydrogens (tertiary/aromatic N) is 1. The number of carbonyl (C=O) groups is 2. The maximum atomic E-state index is 12.1. The van der Waals surface area contributed by atoms with Crippen molar-refractivity contribution in [2.75, 3.05) is 13.1 Å². The highest BCUT2D eigenvalue weighted by Gasteiger charge is 2.50. The van der Waals surface area contributed by atoms with Crippen molar-refractivity contribution < 1.29 is 27.9 Å². The average molecular weight is 351 g/mol. The molecule has 0 saturated carbocycles. The van der Waals surface area contributed by atoms with Crippen LogP contribution >= 0.6 is 0 Å². The molecule has 0 aromatic heterocycles. The molecule has 1 aliphatic rings. The number of carboxylic acid groups (broad SMARTS) is 1. The highest BCUT2D eigenvalue weighted by atomic mass is 32.2. The average Bonchev–Trinajstić information content (AvgIpc) is 2.70. The Morgan fingerprint density at radius 2 is 1.87 bits per heavy atom. The molecule has 0 aliphatic carbocycles. The Labute approximate surface area is 136 Å². The molecule has 1 atom stereocenters. The van der Waals surface area contributed by atoms with E-state index in [0.717, 1.165) is 4.31 Å². The van der Waals surface area contributed by atoms with Gasteiger partial charge in [0.25, 0.3) is 10.2 Å². The minimum absolute atomic E-state index is 0.00977. The molecule has 134 valence electrons. The first kappa shape index (κ1) is 19.7. The smallest absolute Gasteiger partial charge is 0.408 e. The summed E-state index contributed by atoms with van der Waals surface area (Å²) in [5.74, 6) is -1.30. The summed E-state index contributed by atoms with van der Waals surface area (Å²) in [7, 11) is -3.81. The lowest BCUT2D eigenvalue weighted by Crippen LogP contribution is -2.58. The molecule has 0 radical (unpaired) electrons. The number of hydrogen-bond donors (Lipinski definition) is 3. The van der Waals surface area contributed by atoms with Gasteiger partial charge in [0.05, 0.1) is 0 Å². The van der Waals surface area contributed by atoms with Crippen molar-refractivity contribution in [2.45, 2.75) is 58.2 Å². The van der Waals surface area contributed by atoms with Gasteiger partial charge in [-0.15, -0.1) is 0 Å². The molecule has 1 saturated heterocycles. The molecule has 1 rings (SSSR count). The zero-order valence-corrected chi connectivity index (χ0v) is 14.9. The third-order valence-electron chi connectivity index (χ3n) is 3.11. The van der Waals surface area contributed by atoms with E-state index >= 15 is 0 Å². The summed E-state index contributed by atoms with van der Waals surface area (Å²) < 4.78 is 32.8. The lowest BCUT2D eigenvalue weighted by atomic mass is 9.99. The van der Waals surface area contributed by atoms with Gasteiger partial charge >= 0.3 is 12.1 Å². The molecule has 1 amide bonds. The zero-order valence-electron chi connectivity index (χ0n) is 14.0. The summed E-state index contributed by atoms with van der Waals surface area (Å²) in [5, 5.41) is 11.8. The Balaban J connectivity index is 2.90. The van der Waals surface area contributed by atoms with Crippen LogP contribution in [0.15, 0.2) is 0 Å². The summed E-state index contributed by atoms with van der Waals surface area (Å²) in [5.41, 5.74) is -2.48. The first-order chi connectivity index (χ1) is 10.3. The number of ether oxygens (including phenoxy) is 1. The highest BCUT2D eigenvalue weighted by molar-refractivity contribution is 7.87. The molecular formula is C13H25N3O6S. The second kappa shape index (κ2) is 6.62. The molecule has 0 aromatic rings. The van der Waals surface area contributed by atoms with Crippen LogP contribution in [-0.2, 0) is 19.7 Å². The minimum Gasteiger partial charge on any atom is -0.479 e. The molecular weight excluding hydrogens is 326 g/mol. The largest absolute Gasteiger partial charge is 0.479 e. The third-order valence-corrected chi connectivity index (χ3v) is 4.87. The molecule has 1 aliphatic heterocycles. The topological polar surface area (TPSA) is 125 Å². The maximum absolute atomic E-state index is 12.1. The second-order valence-corrected chi connectivity index (χ2v) is 8.58. The summed E-state index contributed by atoms with van der Waals surface area (Å²) in [6, 6.07) is -0.321. The monoisotopic (exact) mass is 351 g/mol. The Morgan fingerprint density at radius 3 is 2.30 bits per heavy atom. The Bertz CT molecular complexity index is 569. The van der Waals surface area contributed by atoms with E-state index in [4.69, 9.17) is 4.74 Å². The molecule has 23 heavy (non-hydrogen) atoms. The van der Waals surface area contributed by atoms with Gasteiger partial charge in [-0.1, -0.05) is 0 Å². The van der Waals surface area contributed by atoms with E-state index in [1.807, 2.05) is 0 Å². The van der Waals surface area contributed by atoms with Gasteiger partial charge in [0.1, 0.15) is 5.60 Å². The van der Waals surface area contributed by atoms with Crippen molar-refractivity contribution in [3.8, 4) is 0 Å². The summed E-state index contributed by atoms with van der Waals surface area (Å²) in [4.78, 5) is 23.5. The van der Waals surface area contributed by atoms with Crippen LogP contribution in [-0.4, -0.2) is 60.2 Å². The molecule has 1 heterocycles. The highest BCUT2D eigenvalue weighted by Crippen LogP contribution is 2.24. The fourth-order valence-corrected chi connectivity index (χ4v) is 3.65. The molecule has 9 nitrogen and oxygen atoms in total. The molecule has 1 unspecified atom stereocenters. The second-order valence-electron chi connectivity index (χ2n) is 6.88. The first-order valence-corrected chi connectivity index (χ1v) is 8.73. The number of nitrogens with one attached hydrogen (secondary N) is 2. The van der Waals surface area contributed by atoms with Crippen molar-refractivity contribution in [3.05, 3.63) is 0 Å². The normalized spacial score (nSPS) is 23.0. The van der Waals surface area contributed by atoms with Crippen molar-refractivity contribution in [1.82, 2.24) is 14.3 Å². The summed E-state index contributed by atoms with van der Waals surface area (Å²) in [6.07, 6.45) is -0.934. The van der Waals surface area contributed by atoms with E-state index in [2.05, 4.69) is 10.0 Å². The SMILES string of the molecule is CC(C)NS(=O)(=O)N1CCC(NC(=O)OC(C)(C)C)(C(=O)O)C1. The van der Waals surface area contributed by atoms with Crippen LogP contribution in [0.5, 0.6) is 0 Å². The number of aliphatic carboxylic acids is 1. The summed E-state index contributed by atoms with van der Waals surface area (Å²) >= 11 is 0. The van der Waals surface area contributed by atoms with Gasteiger partial charge in [-0.3, -0.25) is 0 Å². The van der Waals surface area contributed by atoms with E-state index in [9.17, 15) is 23.1 Å². The van der Waals surface area contributed by atoms with Crippen LogP contribution in [0.2, 0.25) is 0 Å². The number of carbonyl (C=O) groups excluding carboxylic acids is 1. The first-order valence-electron chi connectivity index (χ1n) is 7.29. The lowest BCUT2D eigenvalue weighted by Gasteiger charge is -2.28. The zero-order chi connectivity index (χ0) is 18.1. The van der Waals surface area contributed by atoms with Crippen LogP contribution < -0.4 is 10.0 Å². The molecule has 10 heteroatoms. The standard InChI is InChI=1S/C13H25N3O6S/c1-9(2)15-23(20,21)16-7-6-13(8-16,10(17)18)14-11(19)22-12(3,4)5/h9,15H,6-8H2,1-5H3,(H,14,19)(H,17,18). The van der Waals surface area contributed by atoms with E-state index in [0.29, 0.717) is 0 Å². The fourth-order valence-electron chi connectivity index (χ4n) is 2.18. The Kier molecular flexibility index (Phi) is 5.65. The van der Waals surface area contributed by atoms with E-state index < -0.39 is 33.4 Å². The maximum Gasteiger partial charge on any atom is 0.408 e. The van der Waals surface area contributed by atoms with Crippen molar-refractivity contribution in [3.63, 3.8) is 0 Å². The molecule has 0 spiro atoms. The van der Waals surface area contributed by atoms with Crippen LogP contribution in [0, 0.1) is 0 Å². The molecule has 3 N–H and O–H groups in total. The minimum atomic E-state index is -3.81. The lowest BCUT2D eigenvalue weighted by molar-refractivity contribution is -0.144. The van der Waals surface area contributed by atoms with Gasteiger partial charge in [-0.2, -0.15) is 17.4 Å². The fraction of sp³-hybridized carbons (Fsp3) is 0.846. The van der Waals surface area contributed by atoms with Gasteiger partial charge in [0, 0.05) is 19.1 Å². The Hall–Kier alpha value is -1.39. The molecule has 1 fully saturated rings. The van der Waals surface area contributed by atoms with Crippen molar-refractivity contribution in [2.24, 2.45) is 0 Å². The van der Waals surface area contributed by atoms with Crippen molar-refractivity contribution in [1.29, 1.82) is 0 Å². The van der Waals surface area contributed by atoms with Gasteiger partial charge in [-0.05, 0) is 41.0 Å². The summed E-state index contributed by atoms with van der Waals surface area (Å²) in [6.45, 7) is 7.91. The Morgan fingerprint density at radius 1 is 1.30 bits per heavy atom. The number of rotatable bonds is 5. The van der Waals surface area contributed by atoms with E-state index in [-0.39, 0.29) is 25.6 Å². The van der Waals surface area contributed by atoms with Crippen LogP contribution in [0.25, 0.3) is 0 Å². The van der Waals surface area contributed by atoms with Crippen LogP contribution in [0.1, 0.15) is 41.0 Å². The van der Waals surface area contributed by atoms with Crippen LogP contribution in [0.4, 0.5) is 4.79 Å². The van der Waals surface area contributed by atoms with Crippen LogP contribution in [0.3, 0.4) is 0 Å². The number of carboxylic acids is 1. The molecule has 0 bridgehead atoms. The van der Waals surface area contributed by atoms with E-state index in [1.54, 1.807) is 34.6 Å². The van der Waals surface area contributed by atoms with Gasteiger partial charge in [-0.25, -0.2) is 9.59 Å². The van der Waals surface area contributed by atoms with Gasteiger partial charge in [0.2, 0.25) is 0 Å². The number of amides is 1. The van der Waals surface area contributed by atoms with E-state index in [1.165, 1.54) is 0 Å². The molecule has 0 aromatic carbocycles. The van der Waals surface area contributed by atoms with Crippen molar-refractivity contribution >= 4 is 22.3 Å². The van der Waals surface area contributed by atoms with Gasteiger partial charge in [0.15, 0.2) is 5.54 Å². The quantitative estimate of drug-likeness (QED) is 0.653. The number of alkyl carbamates (subject to hydrolysis) is 1. The third kappa shape index (κ3) is 5.33.